The molecule has 0 saturated carbocycles. The van der Waals surface area contributed by atoms with Crippen LogP contribution in [0.5, 0.6) is 11.5 Å². The summed E-state index contributed by atoms with van der Waals surface area (Å²) in [5.41, 5.74) is 3.60. The van der Waals surface area contributed by atoms with Gasteiger partial charge >= 0.3 is 0 Å². The van der Waals surface area contributed by atoms with Crippen LogP contribution in [0.2, 0.25) is 10.0 Å². The van der Waals surface area contributed by atoms with Crippen LogP contribution in [-0.2, 0) is 11.4 Å². The summed E-state index contributed by atoms with van der Waals surface area (Å²) in [6.07, 6.45) is 1.71. The molecule has 5 nitrogen and oxygen atoms in total. The fourth-order valence-electron chi connectivity index (χ4n) is 3.44. The molecule has 1 amide bonds. The fourth-order valence-corrected chi connectivity index (χ4v) is 4.06. The summed E-state index contributed by atoms with van der Waals surface area (Å²) in [6, 6.07) is 18.4. The first-order valence-corrected chi connectivity index (χ1v) is 11.2. The third-order valence-electron chi connectivity index (χ3n) is 5.03. The molecule has 1 saturated heterocycles. The maximum atomic E-state index is 13.2. The Bertz CT molecular complexity index is 1280. The molecule has 0 bridgehead atoms. The summed E-state index contributed by atoms with van der Waals surface area (Å²) < 4.78 is 11.6. The van der Waals surface area contributed by atoms with Gasteiger partial charge in [-0.05, 0) is 66.7 Å². The maximum Gasteiger partial charge on any atom is 0.281 e. The zero-order chi connectivity index (χ0) is 23.5. The highest BCUT2D eigenvalue weighted by Crippen LogP contribution is 2.34. The Labute approximate surface area is 207 Å². The number of methoxy groups -OCH3 is 1. The molecule has 1 fully saturated rings. The van der Waals surface area contributed by atoms with Gasteiger partial charge in [0.1, 0.15) is 12.3 Å². The second-order valence-electron chi connectivity index (χ2n) is 7.38. The molecule has 0 spiro atoms. The van der Waals surface area contributed by atoms with Crippen LogP contribution >= 0.6 is 35.4 Å². The second kappa shape index (κ2) is 9.83. The Balaban J connectivity index is 1.64. The number of nitrogens with zero attached hydrogens (tertiary/aromatic N) is 1. The van der Waals surface area contributed by atoms with Crippen LogP contribution in [0.4, 0.5) is 5.69 Å². The molecule has 1 aliphatic rings. The number of nitrogens with one attached hydrogen (secondary N) is 1. The highest BCUT2D eigenvalue weighted by Gasteiger charge is 2.32. The molecule has 0 unspecified atom stereocenters. The lowest BCUT2D eigenvalue weighted by Crippen LogP contribution is -2.30. The van der Waals surface area contributed by atoms with E-state index in [1.807, 2.05) is 49.4 Å². The minimum Gasteiger partial charge on any atom is -0.493 e. The lowest BCUT2D eigenvalue weighted by atomic mass is 10.1. The number of anilines is 1. The molecular formula is C25H20Cl2N2O3S. The van der Waals surface area contributed by atoms with Gasteiger partial charge in [0.15, 0.2) is 16.6 Å². The largest absolute Gasteiger partial charge is 0.493 e. The summed E-state index contributed by atoms with van der Waals surface area (Å²) in [5, 5.41) is 4.26. The van der Waals surface area contributed by atoms with E-state index in [-0.39, 0.29) is 12.5 Å². The highest BCUT2D eigenvalue weighted by molar-refractivity contribution is 7.80. The zero-order valence-corrected chi connectivity index (χ0v) is 20.2. The van der Waals surface area contributed by atoms with Crippen molar-refractivity contribution in [3.8, 4) is 11.5 Å². The van der Waals surface area contributed by atoms with Crippen molar-refractivity contribution in [2.45, 2.75) is 13.5 Å². The average Bonchev–Trinajstić information content (AvgIpc) is 3.07. The molecule has 3 aromatic carbocycles. The van der Waals surface area contributed by atoms with E-state index in [1.54, 1.807) is 31.4 Å². The number of benzene rings is 3. The molecule has 33 heavy (non-hydrogen) atoms. The van der Waals surface area contributed by atoms with Gasteiger partial charge in [0.25, 0.3) is 5.91 Å². The average molecular weight is 499 g/mol. The van der Waals surface area contributed by atoms with Crippen molar-refractivity contribution in [2.24, 2.45) is 0 Å². The minimum atomic E-state index is -0.246. The first-order chi connectivity index (χ1) is 15.9. The molecular weight excluding hydrogens is 479 g/mol. The van der Waals surface area contributed by atoms with Gasteiger partial charge in [0, 0.05) is 5.56 Å². The van der Waals surface area contributed by atoms with Crippen molar-refractivity contribution in [3.63, 3.8) is 0 Å². The number of rotatable bonds is 6. The molecule has 1 N–H and O–H groups in total. The van der Waals surface area contributed by atoms with Crippen LogP contribution in [0, 0.1) is 6.92 Å². The van der Waals surface area contributed by atoms with Crippen molar-refractivity contribution in [3.05, 3.63) is 93.1 Å². The van der Waals surface area contributed by atoms with E-state index in [0.717, 1.165) is 11.1 Å². The molecule has 3 aromatic rings. The third kappa shape index (κ3) is 4.98. The number of amides is 1. The SMILES string of the molecule is COc1cccc(/C=C2/NC(=S)N(c3cccc(C)c3)C2=O)c1OCc1ccc(Cl)c(Cl)c1. The predicted octanol–water partition coefficient (Wildman–Crippen LogP) is 6.15. The second-order valence-corrected chi connectivity index (χ2v) is 8.58. The van der Waals surface area contributed by atoms with Crippen LogP contribution < -0.4 is 19.7 Å². The fraction of sp³-hybridized carbons (Fsp3) is 0.120. The van der Waals surface area contributed by atoms with Crippen molar-refractivity contribution < 1.29 is 14.3 Å². The molecule has 1 aliphatic heterocycles. The number of halogens is 2. The van der Waals surface area contributed by atoms with Crippen LogP contribution in [-0.4, -0.2) is 18.1 Å². The molecule has 0 aromatic heterocycles. The molecule has 168 valence electrons. The van der Waals surface area contributed by atoms with Gasteiger partial charge < -0.3 is 14.8 Å². The third-order valence-corrected chi connectivity index (χ3v) is 6.06. The number of aryl methyl sites for hydroxylation is 1. The van der Waals surface area contributed by atoms with Crippen molar-refractivity contribution in [1.82, 2.24) is 5.32 Å². The van der Waals surface area contributed by atoms with Crippen LogP contribution in [0.25, 0.3) is 6.08 Å². The van der Waals surface area contributed by atoms with E-state index in [0.29, 0.717) is 43.6 Å². The van der Waals surface area contributed by atoms with Gasteiger partial charge in [-0.15, -0.1) is 0 Å². The topological polar surface area (TPSA) is 50.8 Å². The lowest BCUT2D eigenvalue weighted by Gasteiger charge is -2.15. The van der Waals surface area contributed by atoms with E-state index >= 15 is 0 Å². The van der Waals surface area contributed by atoms with E-state index in [9.17, 15) is 4.79 Å². The first kappa shape index (κ1) is 23.1. The number of hydrogen-bond acceptors (Lipinski definition) is 4. The Morgan fingerprint density at radius 2 is 1.85 bits per heavy atom. The molecule has 8 heteroatoms. The molecule has 0 radical (unpaired) electrons. The Morgan fingerprint density at radius 3 is 2.58 bits per heavy atom. The van der Waals surface area contributed by atoms with E-state index in [2.05, 4.69) is 5.32 Å². The number of carbonyl (C=O) groups is 1. The minimum absolute atomic E-state index is 0.239. The Morgan fingerprint density at radius 1 is 1.06 bits per heavy atom. The summed E-state index contributed by atoms with van der Waals surface area (Å²) in [6.45, 7) is 2.20. The monoisotopic (exact) mass is 498 g/mol. The predicted molar refractivity (Wildman–Crippen MR) is 136 cm³/mol. The Hall–Kier alpha value is -3.06. The standard InChI is InChI=1S/C25H20Cl2N2O3S/c1-15-5-3-7-18(11-15)29-24(30)21(28-25(29)33)13-17-6-4-8-22(31-2)23(17)32-14-16-9-10-19(26)20(27)12-16/h3-13H,14H2,1-2H3,(H,28,33)/b21-13+. The number of ether oxygens (including phenoxy) is 2. The number of hydrogen-bond donors (Lipinski definition) is 1. The van der Waals surface area contributed by atoms with Gasteiger partial charge in [-0.1, -0.05) is 53.5 Å². The summed E-state index contributed by atoms with van der Waals surface area (Å²) in [4.78, 5) is 14.6. The lowest BCUT2D eigenvalue weighted by molar-refractivity contribution is -0.113. The van der Waals surface area contributed by atoms with Gasteiger partial charge in [-0.25, -0.2) is 0 Å². The van der Waals surface area contributed by atoms with Crippen LogP contribution in [0.3, 0.4) is 0 Å². The normalized spacial score (nSPS) is 14.5. The van der Waals surface area contributed by atoms with Gasteiger partial charge in [-0.2, -0.15) is 0 Å². The van der Waals surface area contributed by atoms with Crippen molar-refractivity contribution >= 4 is 58.2 Å². The Kier molecular flexibility index (Phi) is 6.88. The molecule has 4 rings (SSSR count). The van der Waals surface area contributed by atoms with E-state index < -0.39 is 0 Å². The quantitative estimate of drug-likeness (QED) is 0.326. The van der Waals surface area contributed by atoms with Crippen molar-refractivity contribution in [1.29, 1.82) is 0 Å². The van der Waals surface area contributed by atoms with E-state index in [1.165, 1.54) is 4.90 Å². The van der Waals surface area contributed by atoms with Gasteiger partial charge in [-0.3, -0.25) is 9.69 Å². The summed E-state index contributed by atoms with van der Waals surface area (Å²) >= 11 is 17.5. The first-order valence-electron chi connectivity index (χ1n) is 10.0. The zero-order valence-electron chi connectivity index (χ0n) is 17.9. The highest BCUT2D eigenvalue weighted by atomic mass is 35.5. The summed E-state index contributed by atoms with van der Waals surface area (Å²) in [7, 11) is 1.56. The van der Waals surface area contributed by atoms with Gasteiger partial charge in [0.2, 0.25) is 0 Å². The smallest absolute Gasteiger partial charge is 0.281 e. The van der Waals surface area contributed by atoms with E-state index in [4.69, 9.17) is 44.9 Å². The maximum absolute atomic E-state index is 13.2. The molecule has 1 heterocycles. The van der Waals surface area contributed by atoms with Crippen molar-refractivity contribution in [2.75, 3.05) is 12.0 Å². The van der Waals surface area contributed by atoms with Crippen LogP contribution in [0.15, 0.2) is 66.4 Å². The van der Waals surface area contributed by atoms with Gasteiger partial charge in [0.05, 0.1) is 22.8 Å². The summed E-state index contributed by atoms with van der Waals surface area (Å²) in [5.74, 6) is 0.782. The number of carbonyl (C=O) groups excluding carboxylic acids is 1. The number of thiocarbonyl (C=S) groups is 1. The molecule has 0 atom stereocenters. The van der Waals surface area contributed by atoms with Crippen LogP contribution in [0.1, 0.15) is 16.7 Å². The molecule has 0 aliphatic carbocycles. The number of para-hydroxylation sites is 1.